The maximum Gasteiger partial charge on any atom is 0.287 e. The molecule has 0 bridgehead atoms. The molecule has 0 atom stereocenters. The summed E-state index contributed by atoms with van der Waals surface area (Å²) >= 11 is 1.95. The van der Waals surface area contributed by atoms with Gasteiger partial charge in [-0.25, -0.2) is 0 Å². The van der Waals surface area contributed by atoms with E-state index in [0.29, 0.717) is 14.8 Å². The van der Waals surface area contributed by atoms with E-state index in [0.717, 1.165) is 5.56 Å². The van der Waals surface area contributed by atoms with E-state index in [2.05, 4.69) is 0 Å². The molecule has 0 amide bonds. The van der Waals surface area contributed by atoms with Gasteiger partial charge >= 0.3 is 0 Å². The zero-order valence-corrected chi connectivity index (χ0v) is 9.45. The van der Waals surface area contributed by atoms with Gasteiger partial charge in [0.25, 0.3) is 5.69 Å². The van der Waals surface area contributed by atoms with Crippen LogP contribution in [-0.4, -0.2) is 4.92 Å². The van der Waals surface area contributed by atoms with Crippen LogP contribution in [0.2, 0.25) is 0 Å². The Morgan fingerprint density at radius 2 is 2.08 bits per heavy atom. The van der Waals surface area contributed by atoms with Crippen LogP contribution in [0.5, 0.6) is 0 Å². The van der Waals surface area contributed by atoms with Gasteiger partial charge in [-0.3, -0.25) is 10.1 Å². The van der Waals surface area contributed by atoms with Gasteiger partial charge in [0.2, 0.25) is 0 Å². The van der Waals surface area contributed by atoms with Gasteiger partial charge in [0, 0.05) is 5.69 Å². The normalized spacial score (nSPS) is 10.1. The molecule has 0 saturated heterocycles. The lowest BCUT2D eigenvalue weighted by atomic mass is 10.1. The zero-order chi connectivity index (χ0) is 10.2. The van der Waals surface area contributed by atoms with Crippen molar-refractivity contribution in [2.24, 2.45) is 0 Å². The first-order valence-electron chi connectivity index (χ1n) is 3.64. The Morgan fingerprint density at radius 3 is 2.54 bits per heavy atom. The lowest BCUT2D eigenvalue weighted by Gasteiger charge is -2.06. The van der Waals surface area contributed by atoms with Gasteiger partial charge in [-0.2, -0.15) is 0 Å². The van der Waals surface area contributed by atoms with Crippen molar-refractivity contribution in [3.05, 3.63) is 30.9 Å². The Kier molecular flexibility index (Phi) is 2.74. The van der Waals surface area contributed by atoms with Crippen molar-refractivity contribution in [1.29, 1.82) is 0 Å². The Hall–Kier alpha value is -0.850. The van der Waals surface area contributed by atoms with Crippen molar-refractivity contribution in [3.8, 4) is 0 Å². The number of nitro groups is 1. The van der Waals surface area contributed by atoms with E-state index < -0.39 is 4.92 Å². The van der Waals surface area contributed by atoms with Crippen LogP contribution in [-0.2, 0) is 0 Å². The van der Waals surface area contributed by atoms with Crippen LogP contribution in [0.4, 0.5) is 11.4 Å². The summed E-state index contributed by atoms with van der Waals surface area (Å²) < 4.78 is 0.631. The first-order chi connectivity index (χ1) is 5.95. The summed E-state index contributed by atoms with van der Waals surface area (Å²) in [4.78, 5) is 10.3. The first kappa shape index (κ1) is 10.2. The van der Waals surface area contributed by atoms with Crippen molar-refractivity contribution < 1.29 is 4.92 Å². The Balaban J connectivity index is 3.53. The van der Waals surface area contributed by atoms with Crippen molar-refractivity contribution in [2.45, 2.75) is 13.8 Å². The van der Waals surface area contributed by atoms with Gasteiger partial charge in [0.1, 0.15) is 0 Å². The third-order valence-electron chi connectivity index (χ3n) is 1.94. The number of nitro benzene ring substituents is 1. The Labute approximate surface area is 89.4 Å². The van der Waals surface area contributed by atoms with Crippen LogP contribution < -0.4 is 5.73 Å². The molecule has 0 fully saturated rings. The fourth-order valence-electron chi connectivity index (χ4n) is 1.16. The largest absolute Gasteiger partial charge is 0.398 e. The molecule has 2 N–H and O–H groups in total. The van der Waals surface area contributed by atoms with Crippen LogP contribution >= 0.6 is 22.6 Å². The molecule has 0 aliphatic carbocycles. The molecule has 0 saturated carbocycles. The molecule has 0 radical (unpaired) electrons. The number of hydrogen-bond donors (Lipinski definition) is 1. The van der Waals surface area contributed by atoms with E-state index in [-0.39, 0.29) is 5.69 Å². The first-order valence-corrected chi connectivity index (χ1v) is 4.72. The summed E-state index contributed by atoms with van der Waals surface area (Å²) in [5.74, 6) is 0. The highest BCUT2D eigenvalue weighted by molar-refractivity contribution is 14.1. The molecular formula is C8H9IN2O2. The molecule has 0 aliphatic heterocycles. The van der Waals surface area contributed by atoms with E-state index >= 15 is 0 Å². The van der Waals surface area contributed by atoms with Crippen molar-refractivity contribution in [2.75, 3.05) is 5.73 Å². The van der Waals surface area contributed by atoms with Gasteiger partial charge in [-0.1, -0.05) is 0 Å². The van der Waals surface area contributed by atoms with E-state index in [1.54, 1.807) is 13.0 Å². The second kappa shape index (κ2) is 3.49. The summed E-state index contributed by atoms with van der Waals surface area (Å²) in [5, 5.41) is 10.7. The Morgan fingerprint density at radius 1 is 1.54 bits per heavy atom. The molecule has 1 rings (SSSR count). The van der Waals surface area contributed by atoms with Crippen molar-refractivity contribution >= 4 is 34.0 Å². The number of hydrogen-bond acceptors (Lipinski definition) is 3. The number of nitrogen functional groups attached to an aromatic ring is 1. The van der Waals surface area contributed by atoms with Gasteiger partial charge in [-0.05, 0) is 48.1 Å². The minimum Gasteiger partial charge on any atom is -0.398 e. The number of aryl methyl sites for hydroxylation is 1. The monoisotopic (exact) mass is 292 g/mol. The predicted molar refractivity (Wildman–Crippen MR) is 59.7 cm³/mol. The molecule has 1 aromatic carbocycles. The lowest BCUT2D eigenvalue weighted by Crippen LogP contribution is -2.01. The van der Waals surface area contributed by atoms with Crippen molar-refractivity contribution in [3.63, 3.8) is 0 Å². The van der Waals surface area contributed by atoms with Crippen LogP contribution in [0.1, 0.15) is 11.1 Å². The fraction of sp³-hybridized carbons (Fsp3) is 0.250. The minimum absolute atomic E-state index is 0.115. The van der Waals surface area contributed by atoms with E-state index in [1.165, 1.54) is 0 Å². The second-order valence-corrected chi connectivity index (χ2v) is 3.98. The van der Waals surface area contributed by atoms with Crippen LogP contribution in [0.15, 0.2) is 6.07 Å². The van der Waals surface area contributed by atoms with Gasteiger partial charge in [0.05, 0.1) is 14.1 Å². The van der Waals surface area contributed by atoms with Crippen LogP contribution in [0.3, 0.4) is 0 Å². The summed E-state index contributed by atoms with van der Waals surface area (Å²) in [6.45, 7) is 3.51. The quantitative estimate of drug-likeness (QED) is 0.374. The molecular weight excluding hydrogens is 283 g/mol. The van der Waals surface area contributed by atoms with E-state index in [1.807, 2.05) is 29.5 Å². The topological polar surface area (TPSA) is 69.2 Å². The van der Waals surface area contributed by atoms with Crippen molar-refractivity contribution in [1.82, 2.24) is 0 Å². The molecule has 0 spiro atoms. The maximum absolute atomic E-state index is 10.7. The molecule has 0 aliphatic rings. The molecule has 13 heavy (non-hydrogen) atoms. The molecule has 0 unspecified atom stereocenters. The SMILES string of the molecule is Cc1cc(I)c([N+](=O)[O-])c(C)c1N. The fourth-order valence-corrected chi connectivity index (χ4v) is 2.23. The smallest absolute Gasteiger partial charge is 0.287 e. The third-order valence-corrected chi connectivity index (χ3v) is 2.76. The third kappa shape index (κ3) is 1.74. The highest BCUT2D eigenvalue weighted by atomic mass is 127. The summed E-state index contributed by atoms with van der Waals surface area (Å²) in [5.41, 5.74) is 7.74. The number of anilines is 1. The number of rotatable bonds is 1. The van der Waals surface area contributed by atoms with Gasteiger partial charge in [0.15, 0.2) is 0 Å². The molecule has 70 valence electrons. The molecule has 1 aromatic rings. The summed E-state index contributed by atoms with van der Waals surface area (Å²) in [6, 6.07) is 1.72. The predicted octanol–water partition coefficient (Wildman–Crippen LogP) is 2.40. The average Bonchev–Trinajstić information content (AvgIpc) is 1.99. The summed E-state index contributed by atoms with van der Waals surface area (Å²) in [6.07, 6.45) is 0. The van der Waals surface area contributed by atoms with Gasteiger partial charge in [-0.15, -0.1) is 0 Å². The molecule has 5 heteroatoms. The van der Waals surface area contributed by atoms with Crippen LogP contribution in [0.25, 0.3) is 0 Å². The Bertz CT molecular complexity index is 377. The minimum atomic E-state index is -0.396. The molecule has 0 aromatic heterocycles. The standard InChI is InChI=1S/C8H9IN2O2/c1-4-3-6(9)8(11(12)13)5(2)7(4)10/h3H,10H2,1-2H3. The number of nitrogens with zero attached hydrogens (tertiary/aromatic N) is 1. The second-order valence-electron chi connectivity index (χ2n) is 2.82. The highest BCUT2D eigenvalue weighted by Gasteiger charge is 2.18. The van der Waals surface area contributed by atoms with Gasteiger partial charge < -0.3 is 5.73 Å². The highest BCUT2D eigenvalue weighted by Crippen LogP contribution is 2.31. The van der Waals surface area contributed by atoms with Crippen LogP contribution in [0, 0.1) is 27.5 Å². The number of benzene rings is 1. The average molecular weight is 292 g/mol. The van der Waals surface area contributed by atoms with E-state index in [9.17, 15) is 10.1 Å². The number of halogens is 1. The molecule has 0 heterocycles. The lowest BCUT2D eigenvalue weighted by molar-refractivity contribution is -0.386. The summed E-state index contributed by atoms with van der Waals surface area (Å²) in [7, 11) is 0. The zero-order valence-electron chi connectivity index (χ0n) is 7.30. The number of nitrogens with two attached hydrogens (primary N) is 1. The maximum atomic E-state index is 10.7. The molecule has 4 nitrogen and oxygen atoms in total. The van der Waals surface area contributed by atoms with E-state index in [4.69, 9.17) is 5.73 Å².